The number of amides is 1. The Hall–Kier alpha value is -4.15. The summed E-state index contributed by atoms with van der Waals surface area (Å²) < 4.78 is 19.4. The molecule has 224 valence electrons. The zero-order chi connectivity index (χ0) is 30.3. The maximum absolute atomic E-state index is 14.0. The van der Waals surface area contributed by atoms with Gasteiger partial charge in [0.15, 0.2) is 11.5 Å². The number of hydrogen-bond acceptors (Lipinski definition) is 8. The Morgan fingerprint density at radius 3 is 2.58 bits per heavy atom. The number of methoxy groups -OCH3 is 1. The first-order valence-electron chi connectivity index (χ1n) is 14.1. The lowest BCUT2D eigenvalue weighted by atomic mass is 9.94. The van der Waals surface area contributed by atoms with Crippen molar-refractivity contribution in [2.75, 3.05) is 30.1 Å². The zero-order valence-corrected chi connectivity index (χ0v) is 26.1. The van der Waals surface area contributed by atoms with Crippen molar-refractivity contribution in [2.24, 2.45) is 0 Å². The molecule has 3 aromatic carbocycles. The summed E-state index contributed by atoms with van der Waals surface area (Å²) in [4.78, 5) is 18.7. The van der Waals surface area contributed by atoms with E-state index in [-0.39, 0.29) is 5.91 Å². The van der Waals surface area contributed by atoms with E-state index >= 15 is 0 Å². The van der Waals surface area contributed by atoms with Crippen LogP contribution in [0, 0.1) is 0 Å². The van der Waals surface area contributed by atoms with Crippen LogP contribution in [0.1, 0.15) is 44.4 Å². The number of ether oxygens (including phenoxy) is 3. The van der Waals surface area contributed by atoms with Crippen molar-refractivity contribution in [3.63, 3.8) is 0 Å². The average Bonchev–Trinajstić information content (AvgIpc) is 3.42. The summed E-state index contributed by atoms with van der Waals surface area (Å²) in [5.74, 6) is 2.89. The molecule has 1 aliphatic heterocycles. The number of hydrogen-bond donors (Lipinski definition) is 2. The van der Waals surface area contributed by atoms with E-state index in [1.807, 2.05) is 68.4 Å². The van der Waals surface area contributed by atoms with Gasteiger partial charge in [0.2, 0.25) is 11.1 Å². The van der Waals surface area contributed by atoms with Gasteiger partial charge in [0.1, 0.15) is 18.4 Å². The highest BCUT2D eigenvalue weighted by Gasteiger charge is 2.35. The van der Waals surface area contributed by atoms with Crippen LogP contribution in [-0.2, 0) is 11.4 Å². The molecule has 0 saturated heterocycles. The van der Waals surface area contributed by atoms with E-state index in [1.54, 1.807) is 35.7 Å². The van der Waals surface area contributed by atoms with Gasteiger partial charge >= 0.3 is 0 Å². The highest BCUT2D eigenvalue weighted by atomic mass is 35.5. The quantitative estimate of drug-likeness (QED) is 0.159. The lowest BCUT2D eigenvalue weighted by Crippen LogP contribution is -2.31. The lowest BCUT2D eigenvalue weighted by molar-refractivity contribution is -0.113. The number of thioether (sulfide) groups is 1. The summed E-state index contributed by atoms with van der Waals surface area (Å²) >= 11 is 7.61. The van der Waals surface area contributed by atoms with E-state index in [0.717, 1.165) is 23.3 Å². The second-order valence-electron chi connectivity index (χ2n) is 9.79. The number of carbonyl (C=O) groups is 1. The Bertz CT molecular complexity index is 1620. The van der Waals surface area contributed by atoms with Gasteiger partial charge < -0.3 is 24.8 Å². The van der Waals surface area contributed by atoms with E-state index in [2.05, 4.69) is 17.6 Å². The van der Waals surface area contributed by atoms with Crippen molar-refractivity contribution < 1.29 is 19.0 Å². The molecule has 11 heteroatoms. The third-order valence-corrected chi connectivity index (χ3v) is 8.05. The van der Waals surface area contributed by atoms with Crippen molar-refractivity contribution in [1.29, 1.82) is 0 Å². The normalized spacial score (nSPS) is 14.1. The minimum Gasteiger partial charge on any atom is -0.495 e. The molecular weight excluding hydrogens is 586 g/mol. The van der Waals surface area contributed by atoms with Crippen LogP contribution in [-0.4, -0.2) is 40.1 Å². The third-order valence-electron chi connectivity index (χ3n) is 6.76. The Morgan fingerprint density at radius 1 is 1.05 bits per heavy atom. The number of halogens is 1. The molecule has 4 aromatic rings. The molecule has 0 aliphatic carbocycles. The van der Waals surface area contributed by atoms with E-state index in [0.29, 0.717) is 63.5 Å². The summed E-state index contributed by atoms with van der Waals surface area (Å²) in [5.41, 5.74) is 3.51. The number of benzene rings is 3. The van der Waals surface area contributed by atoms with Crippen molar-refractivity contribution >= 4 is 40.9 Å². The molecule has 43 heavy (non-hydrogen) atoms. The summed E-state index contributed by atoms with van der Waals surface area (Å²) in [6.07, 6.45) is 0.991. The second kappa shape index (κ2) is 13.9. The molecule has 0 spiro atoms. The van der Waals surface area contributed by atoms with E-state index in [1.165, 1.54) is 0 Å². The number of nitrogens with one attached hydrogen (secondary N) is 2. The molecule has 1 amide bonds. The van der Waals surface area contributed by atoms with Crippen molar-refractivity contribution in [2.45, 2.75) is 45.0 Å². The Balaban J connectivity index is 1.53. The van der Waals surface area contributed by atoms with Gasteiger partial charge in [-0.1, -0.05) is 60.6 Å². The fraction of sp³-hybridized carbons (Fsp3) is 0.281. The summed E-state index contributed by atoms with van der Waals surface area (Å²) in [6.45, 7) is 6.69. The topological polar surface area (TPSA) is 99.5 Å². The highest BCUT2D eigenvalue weighted by Crippen LogP contribution is 2.40. The summed E-state index contributed by atoms with van der Waals surface area (Å²) in [7, 11) is 1.57. The van der Waals surface area contributed by atoms with E-state index in [4.69, 9.17) is 35.9 Å². The van der Waals surface area contributed by atoms with Crippen LogP contribution in [0.5, 0.6) is 17.2 Å². The lowest BCUT2D eigenvalue weighted by Gasteiger charge is -2.29. The molecule has 1 unspecified atom stereocenters. The van der Waals surface area contributed by atoms with Crippen LogP contribution in [0.25, 0.3) is 0 Å². The number of carbonyl (C=O) groups excluding carboxylic acids is 1. The third kappa shape index (κ3) is 6.92. The van der Waals surface area contributed by atoms with E-state index < -0.39 is 6.04 Å². The highest BCUT2D eigenvalue weighted by molar-refractivity contribution is 7.99. The second-order valence-corrected chi connectivity index (χ2v) is 11.3. The van der Waals surface area contributed by atoms with Crippen LogP contribution < -0.4 is 24.8 Å². The number of anilines is 2. The molecule has 2 N–H and O–H groups in total. The Kier molecular flexibility index (Phi) is 9.79. The van der Waals surface area contributed by atoms with Crippen LogP contribution >= 0.6 is 23.4 Å². The van der Waals surface area contributed by atoms with Gasteiger partial charge in [0.05, 0.1) is 25.0 Å². The molecule has 0 saturated carbocycles. The molecule has 5 rings (SSSR count). The van der Waals surface area contributed by atoms with Gasteiger partial charge in [0.25, 0.3) is 5.91 Å². The average molecular weight is 620 g/mol. The monoisotopic (exact) mass is 619 g/mol. The van der Waals surface area contributed by atoms with Crippen molar-refractivity contribution in [3.05, 3.63) is 94.1 Å². The predicted octanol–water partition coefficient (Wildman–Crippen LogP) is 7.35. The van der Waals surface area contributed by atoms with Gasteiger partial charge in [-0.2, -0.15) is 4.98 Å². The summed E-state index contributed by atoms with van der Waals surface area (Å²) in [6, 6.07) is 19.9. The fourth-order valence-corrected chi connectivity index (χ4v) is 5.56. The number of para-hydroxylation sites is 2. The molecule has 0 bridgehead atoms. The molecule has 0 fully saturated rings. The first-order valence-corrected chi connectivity index (χ1v) is 15.4. The zero-order valence-electron chi connectivity index (χ0n) is 24.5. The number of fused-ring (bicyclic) bond motifs is 1. The number of nitrogens with zero attached hydrogens (tertiary/aromatic N) is 3. The minimum atomic E-state index is -0.584. The largest absolute Gasteiger partial charge is 0.495 e. The fourth-order valence-electron chi connectivity index (χ4n) is 4.75. The van der Waals surface area contributed by atoms with Crippen molar-refractivity contribution in [1.82, 2.24) is 14.8 Å². The standard InChI is InChI=1S/C32H34ClN5O4S/c1-5-17-43-32-36-31-34-20(3)28(30(39)35-24-9-7-8-10-25(24)40-4)29(38(31)37-32)22-13-16-26(27(18-22)41-6-2)42-19-21-11-14-23(33)15-12-21/h7-16,18,29H,5-6,17,19H2,1-4H3,(H,35,39)(H,34,36,37). The Labute approximate surface area is 260 Å². The maximum Gasteiger partial charge on any atom is 0.255 e. The number of rotatable bonds is 12. The molecule has 1 aliphatic rings. The van der Waals surface area contributed by atoms with Gasteiger partial charge in [0, 0.05) is 16.5 Å². The van der Waals surface area contributed by atoms with Crippen LogP contribution in [0.4, 0.5) is 11.6 Å². The van der Waals surface area contributed by atoms with Gasteiger partial charge in [-0.15, -0.1) is 5.10 Å². The maximum atomic E-state index is 14.0. The van der Waals surface area contributed by atoms with Crippen LogP contribution in [0.15, 0.2) is 83.2 Å². The molecule has 1 atom stereocenters. The summed E-state index contributed by atoms with van der Waals surface area (Å²) in [5, 5.41) is 12.5. The van der Waals surface area contributed by atoms with Crippen LogP contribution in [0.2, 0.25) is 5.02 Å². The number of aromatic nitrogens is 3. The van der Waals surface area contributed by atoms with Crippen molar-refractivity contribution in [3.8, 4) is 17.2 Å². The Morgan fingerprint density at radius 2 is 1.84 bits per heavy atom. The first kappa shape index (κ1) is 30.3. The predicted molar refractivity (Wildman–Crippen MR) is 171 cm³/mol. The smallest absolute Gasteiger partial charge is 0.255 e. The van der Waals surface area contributed by atoms with Gasteiger partial charge in [-0.25, -0.2) is 4.68 Å². The molecule has 0 radical (unpaired) electrons. The number of allylic oxidation sites excluding steroid dienone is 1. The molecule has 1 aromatic heterocycles. The molecule has 2 heterocycles. The van der Waals surface area contributed by atoms with Gasteiger partial charge in [-0.3, -0.25) is 4.79 Å². The van der Waals surface area contributed by atoms with E-state index in [9.17, 15) is 4.79 Å². The SMILES string of the molecule is CCCSc1nc2n(n1)C(c1ccc(OCc3ccc(Cl)cc3)c(OCC)c1)C(C(=O)Nc1ccccc1OC)=C(C)N2. The molecular formula is C32H34ClN5O4S. The first-order chi connectivity index (χ1) is 20.9. The van der Waals surface area contributed by atoms with Gasteiger partial charge in [-0.05, 0) is 67.8 Å². The minimum absolute atomic E-state index is 0.288. The molecule has 9 nitrogen and oxygen atoms in total. The van der Waals surface area contributed by atoms with Crippen LogP contribution in [0.3, 0.4) is 0 Å².